The lowest BCUT2D eigenvalue weighted by atomic mass is 9.96. The summed E-state index contributed by atoms with van der Waals surface area (Å²) in [6.07, 6.45) is 1.17. The molecule has 3 N–H and O–H groups in total. The smallest absolute Gasteiger partial charge is 0.313 e. The second-order valence-corrected chi connectivity index (χ2v) is 6.58. The van der Waals surface area contributed by atoms with Crippen LogP contribution in [0.1, 0.15) is 23.1 Å². The molecule has 3 rings (SSSR count). The van der Waals surface area contributed by atoms with Gasteiger partial charge in [-0.1, -0.05) is 24.3 Å². The number of nitro groups is 1. The molecule has 0 spiro atoms. The fraction of sp³-hybridized carbons (Fsp3) is 0.263. The van der Waals surface area contributed by atoms with Crippen molar-refractivity contribution in [3.05, 3.63) is 69.3 Å². The third-order valence-electron chi connectivity index (χ3n) is 4.74. The highest BCUT2D eigenvalue weighted by atomic mass is 16.6. The Kier molecular flexibility index (Phi) is 4.91. The average Bonchev–Trinajstić information content (AvgIpc) is 2.99. The fourth-order valence-corrected chi connectivity index (χ4v) is 3.24. The highest BCUT2D eigenvalue weighted by Gasteiger charge is 2.37. The van der Waals surface area contributed by atoms with Crippen LogP contribution in [0.2, 0.25) is 0 Å². The number of fused-ring (bicyclic) bond motifs is 1. The van der Waals surface area contributed by atoms with Crippen molar-refractivity contribution in [3.8, 4) is 0 Å². The zero-order chi connectivity index (χ0) is 19.6. The van der Waals surface area contributed by atoms with E-state index in [1.54, 1.807) is 6.92 Å². The van der Waals surface area contributed by atoms with Crippen LogP contribution in [-0.2, 0) is 21.6 Å². The number of anilines is 1. The van der Waals surface area contributed by atoms with Crippen LogP contribution in [0.4, 0.5) is 11.4 Å². The predicted octanol–water partition coefficient (Wildman–Crippen LogP) is 1.79. The van der Waals surface area contributed by atoms with Gasteiger partial charge >= 0.3 is 11.8 Å². The maximum atomic E-state index is 12.1. The summed E-state index contributed by atoms with van der Waals surface area (Å²) in [5, 5.41) is 26.4. The molecule has 2 aromatic carbocycles. The molecule has 140 valence electrons. The summed E-state index contributed by atoms with van der Waals surface area (Å²) in [7, 11) is 0. The average molecular weight is 369 g/mol. The number of carbonyl (C=O) groups excluding carboxylic acids is 2. The third kappa shape index (κ3) is 3.80. The van der Waals surface area contributed by atoms with E-state index in [9.17, 15) is 24.8 Å². The summed E-state index contributed by atoms with van der Waals surface area (Å²) in [5.41, 5.74) is 1.27. The Bertz CT molecular complexity index is 927. The van der Waals surface area contributed by atoms with Crippen LogP contribution in [-0.4, -0.2) is 28.4 Å². The largest absolute Gasteiger partial charge is 0.383 e. The molecule has 0 saturated carbocycles. The zero-order valence-electron chi connectivity index (χ0n) is 14.7. The van der Waals surface area contributed by atoms with E-state index in [4.69, 9.17) is 0 Å². The van der Waals surface area contributed by atoms with Gasteiger partial charge in [0.25, 0.3) is 5.69 Å². The normalized spacial score (nSPS) is 17.9. The maximum Gasteiger partial charge on any atom is 0.313 e. The van der Waals surface area contributed by atoms with Crippen molar-refractivity contribution in [3.63, 3.8) is 0 Å². The highest BCUT2D eigenvalue weighted by Crippen LogP contribution is 2.36. The summed E-state index contributed by atoms with van der Waals surface area (Å²) in [6.45, 7) is 1.52. The minimum Gasteiger partial charge on any atom is -0.383 e. The van der Waals surface area contributed by atoms with Crippen molar-refractivity contribution in [2.45, 2.75) is 25.4 Å². The summed E-state index contributed by atoms with van der Waals surface area (Å²) < 4.78 is 0. The van der Waals surface area contributed by atoms with Gasteiger partial charge in [0.15, 0.2) is 0 Å². The molecule has 1 unspecified atom stereocenters. The minimum absolute atomic E-state index is 0.0739. The van der Waals surface area contributed by atoms with Crippen molar-refractivity contribution in [1.29, 1.82) is 0 Å². The second kappa shape index (κ2) is 7.16. The Morgan fingerprint density at radius 1 is 1.22 bits per heavy atom. The molecule has 1 atom stereocenters. The second-order valence-electron chi connectivity index (χ2n) is 6.58. The number of benzene rings is 2. The number of non-ortho nitro benzene ring substituents is 1. The molecular weight excluding hydrogens is 350 g/mol. The summed E-state index contributed by atoms with van der Waals surface area (Å²) in [5.74, 6) is -1.78. The van der Waals surface area contributed by atoms with Crippen molar-refractivity contribution in [2.75, 3.05) is 11.9 Å². The van der Waals surface area contributed by atoms with Crippen LogP contribution in [0.25, 0.3) is 0 Å². The molecule has 1 aliphatic rings. The summed E-state index contributed by atoms with van der Waals surface area (Å²) in [6, 6.07) is 11.4. The molecule has 0 fully saturated rings. The van der Waals surface area contributed by atoms with Gasteiger partial charge in [0.2, 0.25) is 0 Å². The number of amides is 2. The molecule has 8 nitrogen and oxygen atoms in total. The Morgan fingerprint density at radius 2 is 1.96 bits per heavy atom. The van der Waals surface area contributed by atoms with Gasteiger partial charge < -0.3 is 15.7 Å². The number of aliphatic hydroxyl groups is 1. The van der Waals surface area contributed by atoms with Gasteiger partial charge in [0.05, 0.1) is 11.5 Å². The van der Waals surface area contributed by atoms with E-state index in [0.29, 0.717) is 24.1 Å². The van der Waals surface area contributed by atoms with Gasteiger partial charge in [-0.25, -0.2) is 0 Å². The van der Waals surface area contributed by atoms with Gasteiger partial charge in [0.1, 0.15) is 5.60 Å². The Labute approximate surface area is 155 Å². The van der Waals surface area contributed by atoms with E-state index in [-0.39, 0.29) is 12.2 Å². The molecule has 0 aliphatic heterocycles. The van der Waals surface area contributed by atoms with Gasteiger partial charge in [-0.3, -0.25) is 19.7 Å². The molecule has 0 saturated heterocycles. The van der Waals surface area contributed by atoms with E-state index in [0.717, 1.165) is 11.1 Å². The highest BCUT2D eigenvalue weighted by molar-refractivity contribution is 6.39. The molecule has 1 aliphatic carbocycles. The van der Waals surface area contributed by atoms with E-state index in [2.05, 4.69) is 10.6 Å². The van der Waals surface area contributed by atoms with E-state index in [1.807, 2.05) is 24.3 Å². The van der Waals surface area contributed by atoms with Crippen molar-refractivity contribution in [2.24, 2.45) is 0 Å². The predicted molar refractivity (Wildman–Crippen MR) is 98.1 cm³/mol. The summed E-state index contributed by atoms with van der Waals surface area (Å²) >= 11 is 0. The first kappa shape index (κ1) is 18.5. The van der Waals surface area contributed by atoms with Gasteiger partial charge in [-0.15, -0.1) is 0 Å². The fourth-order valence-electron chi connectivity index (χ4n) is 3.24. The molecule has 2 aromatic rings. The first-order chi connectivity index (χ1) is 12.8. The first-order valence-electron chi connectivity index (χ1n) is 8.45. The van der Waals surface area contributed by atoms with Crippen molar-refractivity contribution in [1.82, 2.24) is 5.32 Å². The van der Waals surface area contributed by atoms with Crippen molar-refractivity contribution < 1.29 is 19.6 Å². The van der Waals surface area contributed by atoms with Crippen LogP contribution >= 0.6 is 0 Å². The van der Waals surface area contributed by atoms with E-state index < -0.39 is 22.3 Å². The number of nitro benzene ring substituents is 1. The monoisotopic (exact) mass is 369 g/mol. The molecule has 0 aromatic heterocycles. The minimum atomic E-state index is -1.20. The Balaban J connectivity index is 1.62. The van der Waals surface area contributed by atoms with Crippen LogP contribution < -0.4 is 10.6 Å². The molecule has 8 heteroatoms. The molecule has 27 heavy (non-hydrogen) atoms. The molecule has 0 bridgehead atoms. The van der Waals surface area contributed by atoms with Crippen molar-refractivity contribution >= 4 is 23.2 Å². The lowest BCUT2D eigenvalue weighted by Crippen LogP contribution is -2.43. The quantitative estimate of drug-likeness (QED) is 0.431. The van der Waals surface area contributed by atoms with Gasteiger partial charge in [-0.05, 0) is 42.5 Å². The molecule has 0 radical (unpaired) electrons. The Morgan fingerprint density at radius 3 is 2.67 bits per heavy atom. The summed E-state index contributed by atoms with van der Waals surface area (Å²) in [4.78, 5) is 34.4. The van der Waals surface area contributed by atoms with E-state index in [1.165, 1.54) is 18.2 Å². The SMILES string of the molecule is Cc1cc([N+](=O)[O-])ccc1NC(=O)C(=O)NCC1(O)CCc2ccccc21. The maximum absolute atomic E-state index is 12.1. The van der Waals surface area contributed by atoms with E-state index >= 15 is 0 Å². The third-order valence-corrected chi connectivity index (χ3v) is 4.74. The number of nitrogens with zero attached hydrogens (tertiary/aromatic N) is 1. The number of hydrogen-bond acceptors (Lipinski definition) is 5. The topological polar surface area (TPSA) is 122 Å². The van der Waals surface area contributed by atoms with Crippen LogP contribution in [0, 0.1) is 17.0 Å². The van der Waals surface area contributed by atoms with Crippen LogP contribution in [0.5, 0.6) is 0 Å². The number of carbonyl (C=O) groups is 2. The van der Waals surface area contributed by atoms with Gasteiger partial charge in [0, 0.05) is 17.8 Å². The number of nitrogens with one attached hydrogen (secondary N) is 2. The van der Waals surface area contributed by atoms with Gasteiger partial charge in [-0.2, -0.15) is 0 Å². The molecule has 0 heterocycles. The molecule has 2 amide bonds. The number of hydrogen-bond donors (Lipinski definition) is 3. The number of rotatable bonds is 4. The van der Waals surface area contributed by atoms with Crippen LogP contribution in [0.3, 0.4) is 0 Å². The lowest BCUT2D eigenvalue weighted by molar-refractivity contribution is -0.384. The first-order valence-corrected chi connectivity index (χ1v) is 8.45. The zero-order valence-corrected chi connectivity index (χ0v) is 14.7. The lowest BCUT2D eigenvalue weighted by Gasteiger charge is -2.24. The standard InChI is InChI=1S/C19H19N3O5/c1-12-10-14(22(26)27)6-7-16(12)21-18(24)17(23)20-11-19(25)9-8-13-4-2-3-5-15(13)19/h2-7,10,25H,8-9,11H2,1H3,(H,20,23)(H,21,24). The van der Waals surface area contributed by atoms with Crippen LogP contribution in [0.15, 0.2) is 42.5 Å². The number of aryl methyl sites for hydroxylation is 2. The Hall–Kier alpha value is -3.26. The molecular formula is C19H19N3O5.